The second-order valence-electron chi connectivity index (χ2n) is 6.24. The minimum Gasteiger partial charge on any atom is -0.301 e. The zero-order valence-corrected chi connectivity index (χ0v) is 13.6. The van der Waals surface area contributed by atoms with Gasteiger partial charge in [0.25, 0.3) is 5.56 Å². The summed E-state index contributed by atoms with van der Waals surface area (Å²) in [5.74, 6) is -0.165. The first-order valence-electron chi connectivity index (χ1n) is 7.05. The second kappa shape index (κ2) is 5.75. The predicted molar refractivity (Wildman–Crippen MR) is 81.6 cm³/mol. The Kier molecular flexibility index (Phi) is 4.37. The van der Waals surface area contributed by atoms with Crippen molar-refractivity contribution in [3.8, 4) is 0 Å². The fourth-order valence-electron chi connectivity index (χ4n) is 2.67. The fourth-order valence-corrected chi connectivity index (χ4v) is 3.66. The van der Waals surface area contributed by atoms with Gasteiger partial charge in [0, 0.05) is 24.1 Å². The number of H-pyrrole nitrogens is 1. The largest absolute Gasteiger partial charge is 0.301 e. The van der Waals surface area contributed by atoms with E-state index >= 15 is 0 Å². The van der Waals surface area contributed by atoms with E-state index in [0.29, 0.717) is 35.7 Å². The quantitative estimate of drug-likeness (QED) is 0.683. The van der Waals surface area contributed by atoms with Crippen molar-refractivity contribution in [3.05, 3.63) is 21.6 Å². The summed E-state index contributed by atoms with van der Waals surface area (Å²) in [6, 6.07) is 0. The van der Waals surface area contributed by atoms with E-state index < -0.39 is 5.25 Å². The Morgan fingerprint density at radius 2 is 1.81 bits per heavy atom. The van der Waals surface area contributed by atoms with Gasteiger partial charge < -0.3 is 4.98 Å². The van der Waals surface area contributed by atoms with Crippen molar-refractivity contribution in [1.29, 1.82) is 0 Å². The number of nitrogens with zero attached hydrogens (tertiary/aromatic N) is 1. The summed E-state index contributed by atoms with van der Waals surface area (Å²) in [4.78, 5) is 43.2. The molecule has 0 saturated heterocycles. The molecule has 1 heterocycles. The highest BCUT2D eigenvalue weighted by Gasteiger charge is 2.40. The molecule has 0 unspecified atom stereocenters. The molecule has 1 aliphatic rings. The third-order valence-electron chi connectivity index (χ3n) is 3.67. The molecule has 1 aliphatic carbocycles. The number of aryl methyl sites for hydroxylation is 1. The Balaban J connectivity index is 2.25. The van der Waals surface area contributed by atoms with E-state index in [1.54, 1.807) is 6.92 Å². The molecule has 1 N–H and O–H groups in total. The van der Waals surface area contributed by atoms with Crippen LogP contribution in [0.5, 0.6) is 0 Å². The third-order valence-corrected chi connectivity index (χ3v) is 4.85. The Labute approximate surface area is 127 Å². The van der Waals surface area contributed by atoms with Crippen LogP contribution in [0.3, 0.4) is 0 Å². The highest BCUT2D eigenvalue weighted by Crippen LogP contribution is 2.36. The average molecular weight is 308 g/mol. The number of carbonyl (C=O) groups excluding carboxylic acids is 2. The lowest BCUT2D eigenvalue weighted by Crippen LogP contribution is -2.39. The fraction of sp³-hybridized carbons (Fsp3) is 0.600. The SMILES string of the molecule is CCc1c(C)nc(SC2C(=O)CC(C)(C)CC2=O)[nH]c1=O. The van der Waals surface area contributed by atoms with Crippen molar-refractivity contribution in [2.24, 2.45) is 5.41 Å². The summed E-state index contributed by atoms with van der Waals surface area (Å²) >= 11 is 1.06. The Bertz CT molecular complexity index is 629. The number of hydrogen-bond acceptors (Lipinski definition) is 5. The van der Waals surface area contributed by atoms with Crippen molar-refractivity contribution in [2.45, 2.75) is 57.4 Å². The summed E-state index contributed by atoms with van der Waals surface area (Å²) in [6.07, 6.45) is 1.37. The van der Waals surface area contributed by atoms with Gasteiger partial charge in [0.15, 0.2) is 16.7 Å². The number of nitrogens with one attached hydrogen (secondary N) is 1. The number of aromatic nitrogens is 2. The minimum atomic E-state index is -0.743. The lowest BCUT2D eigenvalue weighted by molar-refractivity contribution is -0.132. The lowest BCUT2D eigenvalue weighted by Gasteiger charge is -2.31. The van der Waals surface area contributed by atoms with Gasteiger partial charge in [-0.15, -0.1) is 0 Å². The van der Waals surface area contributed by atoms with Crippen LogP contribution in [0.4, 0.5) is 0 Å². The Morgan fingerprint density at radius 1 is 1.24 bits per heavy atom. The van der Waals surface area contributed by atoms with Gasteiger partial charge in [-0.25, -0.2) is 4.98 Å². The monoisotopic (exact) mass is 308 g/mol. The summed E-state index contributed by atoms with van der Waals surface area (Å²) in [7, 11) is 0. The number of thioether (sulfide) groups is 1. The molecule has 114 valence electrons. The van der Waals surface area contributed by atoms with Gasteiger partial charge >= 0.3 is 0 Å². The molecule has 6 heteroatoms. The van der Waals surface area contributed by atoms with Crippen LogP contribution >= 0.6 is 11.8 Å². The van der Waals surface area contributed by atoms with Crippen LogP contribution < -0.4 is 5.56 Å². The molecule has 21 heavy (non-hydrogen) atoms. The van der Waals surface area contributed by atoms with Gasteiger partial charge in [-0.3, -0.25) is 14.4 Å². The molecule has 1 fully saturated rings. The van der Waals surface area contributed by atoms with Crippen LogP contribution in [0.15, 0.2) is 9.95 Å². The zero-order chi connectivity index (χ0) is 15.8. The van der Waals surface area contributed by atoms with Gasteiger partial charge in [-0.1, -0.05) is 32.5 Å². The number of Topliss-reactive ketones (excluding diaryl/α,β-unsaturated/α-hetero) is 2. The Hall–Kier alpha value is -1.43. The van der Waals surface area contributed by atoms with Crippen LogP contribution in [-0.2, 0) is 16.0 Å². The van der Waals surface area contributed by atoms with E-state index in [1.807, 2.05) is 20.8 Å². The first-order chi connectivity index (χ1) is 9.73. The predicted octanol–water partition coefficient (Wildman–Crippen LogP) is 2.06. The van der Waals surface area contributed by atoms with Crippen LogP contribution in [0.2, 0.25) is 0 Å². The van der Waals surface area contributed by atoms with Crippen LogP contribution in [0.1, 0.15) is 44.9 Å². The molecule has 0 radical (unpaired) electrons. The van der Waals surface area contributed by atoms with Crippen LogP contribution in [0, 0.1) is 12.3 Å². The molecule has 0 spiro atoms. The van der Waals surface area contributed by atoms with E-state index in [1.165, 1.54) is 0 Å². The van der Waals surface area contributed by atoms with Gasteiger partial charge in [0.05, 0.1) is 0 Å². The Morgan fingerprint density at radius 3 is 2.29 bits per heavy atom. The van der Waals surface area contributed by atoms with Gasteiger partial charge in [0.1, 0.15) is 5.25 Å². The molecule has 0 bridgehead atoms. The zero-order valence-electron chi connectivity index (χ0n) is 12.8. The third kappa shape index (κ3) is 3.43. The van der Waals surface area contributed by atoms with E-state index in [-0.39, 0.29) is 22.5 Å². The topological polar surface area (TPSA) is 79.9 Å². The van der Waals surface area contributed by atoms with Crippen LogP contribution in [0.25, 0.3) is 0 Å². The molecular formula is C15H20N2O3S. The summed E-state index contributed by atoms with van der Waals surface area (Å²) in [5, 5.41) is -0.394. The van der Waals surface area contributed by atoms with Gasteiger partial charge in [0.2, 0.25) is 0 Å². The maximum absolute atomic E-state index is 12.2. The minimum absolute atomic E-state index is 0.0823. The molecule has 0 atom stereocenters. The van der Waals surface area contributed by atoms with E-state index in [4.69, 9.17) is 0 Å². The summed E-state index contributed by atoms with van der Waals surface area (Å²) < 4.78 is 0. The molecule has 1 saturated carbocycles. The number of aromatic amines is 1. The van der Waals surface area contributed by atoms with Gasteiger partial charge in [-0.2, -0.15) is 0 Å². The van der Waals surface area contributed by atoms with Crippen molar-refractivity contribution in [2.75, 3.05) is 0 Å². The van der Waals surface area contributed by atoms with Crippen molar-refractivity contribution in [1.82, 2.24) is 9.97 Å². The first-order valence-corrected chi connectivity index (χ1v) is 7.93. The van der Waals surface area contributed by atoms with Crippen molar-refractivity contribution >= 4 is 23.3 Å². The smallest absolute Gasteiger partial charge is 0.254 e. The molecule has 5 nitrogen and oxygen atoms in total. The first kappa shape index (κ1) is 15.9. The summed E-state index contributed by atoms with van der Waals surface area (Å²) in [5.41, 5.74) is 0.832. The van der Waals surface area contributed by atoms with E-state index in [0.717, 1.165) is 11.8 Å². The lowest BCUT2D eigenvalue weighted by atomic mass is 9.76. The standard InChI is InChI=1S/C15H20N2O3S/c1-5-9-8(2)16-14(17-13(9)20)21-12-10(18)6-15(3,4)7-11(12)19/h12H,5-7H2,1-4H3,(H,16,17,20). The number of carbonyl (C=O) groups is 2. The maximum Gasteiger partial charge on any atom is 0.254 e. The molecule has 0 aromatic carbocycles. The highest BCUT2D eigenvalue weighted by molar-refractivity contribution is 8.01. The molecule has 1 aromatic rings. The molecule has 1 aromatic heterocycles. The maximum atomic E-state index is 12.2. The van der Waals surface area contributed by atoms with Crippen LogP contribution in [-0.4, -0.2) is 26.8 Å². The molecule has 2 rings (SSSR count). The highest BCUT2D eigenvalue weighted by atomic mass is 32.2. The number of ketones is 2. The molecule has 0 aliphatic heterocycles. The molecule has 0 amide bonds. The van der Waals surface area contributed by atoms with Crippen molar-refractivity contribution in [3.63, 3.8) is 0 Å². The second-order valence-corrected chi connectivity index (χ2v) is 7.33. The van der Waals surface area contributed by atoms with Crippen molar-refractivity contribution < 1.29 is 9.59 Å². The normalized spacial score (nSPS) is 19.0. The number of hydrogen-bond donors (Lipinski definition) is 1. The average Bonchev–Trinajstić information content (AvgIpc) is 2.32. The van der Waals surface area contributed by atoms with E-state index in [9.17, 15) is 14.4 Å². The molecular weight excluding hydrogens is 288 g/mol. The number of rotatable bonds is 3. The van der Waals surface area contributed by atoms with Gasteiger partial charge in [-0.05, 0) is 18.8 Å². The summed E-state index contributed by atoms with van der Waals surface area (Å²) in [6.45, 7) is 7.50. The van der Waals surface area contributed by atoms with E-state index in [2.05, 4.69) is 9.97 Å².